The van der Waals surface area contributed by atoms with Crippen molar-refractivity contribution in [3.8, 4) is 0 Å². The Morgan fingerprint density at radius 3 is 2.38 bits per heavy atom. The second-order valence-corrected chi connectivity index (χ2v) is 7.09. The number of thiocarbonyl (C=S) groups is 1. The fourth-order valence-corrected chi connectivity index (χ4v) is 2.85. The van der Waals surface area contributed by atoms with Crippen molar-refractivity contribution in [3.05, 3.63) is 82.0 Å². The number of aryl methyl sites for hydroxylation is 2. The SMILES string of the molecule is Cc1ccc(CNC(=S)Nc2cc(C)n(Cc3ccc(Cl)cc3)n2)cc1. The summed E-state index contributed by atoms with van der Waals surface area (Å²) in [6.45, 7) is 5.47. The van der Waals surface area contributed by atoms with E-state index in [0.29, 0.717) is 18.2 Å². The van der Waals surface area contributed by atoms with Crippen molar-refractivity contribution in [1.82, 2.24) is 15.1 Å². The first-order valence-corrected chi connectivity index (χ1v) is 9.17. The maximum atomic E-state index is 5.94. The standard InChI is InChI=1S/C20H21ClN4S/c1-14-3-5-16(6-4-14)12-22-20(26)23-19-11-15(2)25(24-19)13-17-7-9-18(21)10-8-17/h3-11H,12-13H2,1-2H3,(H2,22,23,24,26). The zero-order chi connectivity index (χ0) is 18.5. The van der Waals surface area contributed by atoms with E-state index in [1.807, 2.05) is 41.9 Å². The number of hydrogen-bond donors (Lipinski definition) is 2. The van der Waals surface area contributed by atoms with Gasteiger partial charge in [-0.2, -0.15) is 5.10 Å². The molecule has 0 aliphatic heterocycles. The summed E-state index contributed by atoms with van der Waals surface area (Å²) < 4.78 is 1.94. The highest BCUT2D eigenvalue weighted by atomic mass is 35.5. The summed E-state index contributed by atoms with van der Waals surface area (Å²) in [6.07, 6.45) is 0. The van der Waals surface area contributed by atoms with Crippen LogP contribution in [0.2, 0.25) is 5.02 Å². The number of nitrogens with one attached hydrogen (secondary N) is 2. The maximum Gasteiger partial charge on any atom is 0.172 e. The molecule has 2 N–H and O–H groups in total. The minimum absolute atomic E-state index is 0.557. The number of halogens is 1. The van der Waals surface area contributed by atoms with Crippen LogP contribution in [0.25, 0.3) is 0 Å². The summed E-state index contributed by atoms with van der Waals surface area (Å²) in [7, 11) is 0. The molecule has 3 rings (SSSR count). The van der Waals surface area contributed by atoms with Crippen LogP contribution in [0.15, 0.2) is 54.6 Å². The molecule has 1 heterocycles. The summed E-state index contributed by atoms with van der Waals surface area (Å²) in [5.74, 6) is 0.734. The Balaban J connectivity index is 1.57. The molecule has 0 radical (unpaired) electrons. The molecule has 0 spiro atoms. The van der Waals surface area contributed by atoms with Crippen molar-refractivity contribution in [2.45, 2.75) is 26.9 Å². The molecule has 0 saturated carbocycles. The fraction of sp³-hybridized carbons (Fsp3) is 0.200. The van der Waals surface area contributed by atoms with Gasteiger partial charge in [-0.05, 0) is 49.3 Å². The molecule has 4 nitrogen and oxygen atoms in total. The topological polar surface area (TPSA) is 41.9 Å². The van der Waals surface area contributed by atoms with Crippen LogP contribution in [0.3, 0.4) is 0 Å². The van der Waals surface area contributed by atoms with Gasteiger partial charge in [0, 0.05) is 23.3 Å². The van der Waals surface area contributed by atoms with Crippen molar-refractivity contribution >= 4 is 34.7 Å². The van der Waals surface area contributed by atoms with Gasteiger partial charge in [0.1, 0.15) is 0 Å². The molecule has 0 atom stereocenters. The molecule has 0 bridgehead atoms. The Kier molecular flexibility index (Phi) is 5.91. The molecule has 3 aromatic rings. The fourth-order valence-electron chi connectivity index (χ4n) is 2.54. The third-order valence-electron chi connectivity index (χ3n) is 4.04. The lowest BCUT2D eigenvalue weighted by atomic mass is 10.1. The normalized spacial score (nSPS) is 10.6. The van der Waals surface area contributed by atoms with Gasteiger partial charge < -0.3 is 10.6 Å². The van der Waals surface area contributed by atoms with E-state index in [-0.39, 0.29) is 0 Å². The van der Waals surface area contributed by atoms with Crippen LogP contribution in [0, 0.1) is 13.8 Å². The Hall–Kier alpha value is -2.37. The van der Waals surface area contributed by atoms with Gasteiger partial charge in [-0.3, -0.25) is 4.68 Å². The van der Waals surface area contributed by atoms with Gasteiger partial charge in [0.25, 0.3) is 0 Å². The molecule has 6 heteroatoms. The Morgan fingerprint density at radius 1 is 1.04 bits per heavy atom. The summed E-state index contributed by atoms with van der Waals surface area (Å²) in [4.78, 5) is 0. The van der Waals surface area contributed by atoms with Crippen molar-refractivity contribution in [1.29, 1.82) is 0 Å². The van der Waals surface area contributed by atoms with Crippen LogP contribution in [0.4, 0.5) is 5.82 Å². The molecular weight excluding hydrogens is 364 g/mol. The van der Waals surface area contributed by atoms with Gasteiger partial charge in [-0.1, -0.05) is 53.6 Å². The Labute approximate surface area is 164 Å². The minimum atomic E-state index is 0.557. The number of hydrogen-bond acceptors (Lipinski definition) is 2. The second-order valence-electron chi connectivity index (χ2n) is 6.25. The highest BCUT2D eigenvalue weighted by Gasteiger charge is 2.07. The van der Waals surface area contributed by atoms with E-state index < -0.39 is 0 Å². The average Bonchev–Trinajstić information content (AvgIpc) is 2.95. The maximum absolute atomic E-state index is 5.94. The highest BCUT2D eigenvalue weighted by Crippen LogP contribution is 2.14. The zero-order valence-electron chi connectivity index (χ0n) is 14.8. The predicted molar refractivity (Wildman–Crippen MR) is 112 cm³/mol. The van der Waals surface area contributed by atoms with Gasteiger partial charge >= 0.3 is 0 Å². The number of aromatic nitrogens is 2. The third kappa shape index (κ3) is 5.07. The molecular formula is C20H21ClN4S. The Bertz CT molecular complexity index is 885. The van der Waals surface area contributed by atoms with Gasteiger partial charge in [-0.15, -0.1) is 0 Å². The van der Waals surface area contributed by atoms with E-state index in [1.54, 1.807) is 0 Å². The van der Waals surface area contributed by atoms with E-state index >= 15 is 0 Å². The third-order valence-corrected chi connectivity index (χ3v) is 4.54. The van der Waals surface area contributed by atoms with E-state index in [2.05, 4.69) is 46.9 Å². The van der Waals surface area contributed by atoms with Crippen LogP contribution in [-0.2, 0) is 13.1 Å². The summed E-state index contributed by atoms with van der Waals surface area (Å²) in [5.41, 5.74) is 4.64. The quantitative estimate of drug-likeness (QED) is 0.626. The Morgan fingerprint density at radius 2 is 1.69 bits per heavy atom. The molecule has 0 fully saturated rings. The summed E-state index contributed by atoms with van der Waals surface area (Å²) in [6, 6.07) is 18.1. The first-order valence-electron chi connectivity index (χ1n) is 8.39. The number of anilines is 1. The predicted octanol–water partition coefficient (Wildman–Crippen LogP) is 4.69. The van der Waals surface area contributed by atoms with E-state index in [0.717, 1.165) is 22.1 Å². The lowest BCUT2D eigenvalue weighted by Crippen LogP contribution is -2.28. The van der Waals surface area contributed by atoms with Gasteiger partial charge in [0.05, 0.1) is 6.54 Å². The lowest BCUT2D eigenvalue weighted by Gasteiger charge is -2.09. The summed E-state index contributed by atoms with van der Waals surface area (Å²) >= 11 is 11.3. The van der Waals surface area contributed by atoms with Crippen molar-refractivity contribution in [3.63, 3.8) is 0 Å². The average molecular weight is 385 g/mol. The molecule has 0 unspecified atom stereocenters. The molecule has 1 aromatic heterocycles. The van der Waals surface area contributed by atoms with Gasteiger partial charge in [0.15, 0.2) is 10.9 Å². The van der Waals surface area contributed by atoms with Crippen LogP contribution in [-0.4, -0.2) is 14.9 Å². The number of rotatable bonds is 5. The van der Waals surface area contributed by atoms with Crippen molar-refractivity contribution in [2.75, 3.05) is 5.32 Å². The molecule has 0 aliphatic rings. The number of benzene rings is 2. The summed E-state index contributed by atoms with van der Waals surface area (Å²) in [5, 5.41) is 12.2. The van der Waals surface area contributed by atoms with Crippen LogP contribution in [0.1, 0.15) is 22.4 Å². The molecule has 0 amide bonds. The highest BCUT2D eigenvalue weighted by molar-refractivity contribution is 7.80. The molecule has 0 saturated heterocycles. The number of nitrogens with zero attached hydrogens (tertiary/aromatic N) is 2. The first-order chi connectivity index (χ1) is 12.5. The molecule has 26 heavy (non-hydrogen) atoms. The largest absolute Gasteiger partial charge is 0.358 e. The van der Waals surface area contributed by atoms with Crippen LogP contribution < -0.4 is 10.6 Å². The molecule has 134 valence electrons. The van der Waals surface area contributed by atoms with Crippen molar-refractivity contribution in [2.24, 2.45) is 0 Å². The van der Waals surface area contributed by atoms with E-state index in [4.69, 9.17) is 23.8 Å². The van der Waals surface area contributed by atoms with E-state index in [1.165, 1.54) is 11.1 Å². The smallest absolute Gasteiger partial charge is 0.172 e. The zero-order valence-corrected chi connectivity index (χ0v) is 16.4. The minimum Gasteiger partial charge on any atom is -0.358 e. The molecule has 0 aliphatic carbocycles. The second kappa shape index (κ2) is 8.34. The lowest BCUT2D eigenvalue weighted by molar-refractivity contribution is 0.668. The molecule has 2 aromatic carbocycles. The van der Waals surface area contributed by atoms with Crippen LogP contribution >= 0.6 is 23.8 Å². The van der Waals surface area contributed by atoms with Gasteiger partial charge in [-0.25, -0.2) is 0 Å². The first kappa shape index (κ1) is 18.4. The van der Waals surface area contributed by atoms with Crippen LogP contribution in [0.5, 0.6) is 0 Å². The van der Waals surface area contributed by atoms with Gasteiger partial charge in [0.2, 0.25) is 0 Å². The van der Waals surface area contributed by atoms with Crippen molar-refractivity contribution < 1.29 is 0 Å². The monoisotopic (exact) mass is 384 g/mol. The van der Waals surface area contributed by atoms with E-state index in [9.17, 15) is 0 Å².